The second kappa shape index (κ2) is 4.80. The summed E-state index contributed by atoms with van der Waals surface area (Å²) in [5.74, 6) is 0. The molecule has 0 aromatic carbocycles. The van der Waals surface area contributed by atoms with Gasteiger partial charge in [0.25, 0.3) is 0 Å². The molecule has 0 fully saturated rings. The van der Waals surface area contributed by atoms with Gasteiger partial charge in [-0.25, -0.2) is 4.98 Å². The highest BCUT2D eigenvalue weighted by Crippen LogP contribution is 2.26. The molecule has 0 radical (unpaired) electrons. The molecule has 2 aromatic rings. The number of aromatic nitrogens is 2. The van der Waals surface area contributed by atoms with Gasteiger partial charge in [-0.05, 0) is 30.5 Å². The monoisotopic (exact) mass is 235 g/mol. The summed E-state index contributed by atoms with van der Waals surface area (Å²) >= 11 is 1.79. The quantitative estimate of drug-likeness (QED) is 0.882. The minimum absolute atomic E-state index is 0.220. The number of rotatable bonds is 4. The van der Waals surface area contributed by atoms with Crippen molar-refractivity contribution in [3.8, 4) is 0 Å². The summed E-state index contributed by atoms with van der Waals surface area (Å²) in [7, 11) is 2.00. The SMILES string of the molecule is CCNC(c1cn(C)cn1)c1ccsc1C. The highest BCUT2D eigenvalue weighted by atomic mass is 32.1. The number of hydrogen-bond donors (Lipinski definition) is 1. The first-order chi connectivity index (χ1) is 7.72. The molecule has 0 aliphatic heterocycles. The Labute approximate surface area is 100 Å². The zero-order valence-corrected chi connectivity index (χ0v) is 10.7. The van der Waals surface area contributed by atoms with Crippen LogP contribution in [-0.4, -0.2) is 16.1 Å². The van der Waals surface area contributed by atoms with E-state index in [4.69, 9.17) is 0 Å². The smallest absolute Gasteiger partial charge is 0.0947 e. The van der Waals surface area contributed by atoms with Crippen molar-refractivity contribution in [1.29, 1.82) is 0 Å². The molecule has 2 rings (SSSR count). The lowest BCUT2D eigenvalue weighted by atomic mass is 10.1. The normalized spacial score (nSPS) is 12.9. The molecule has 0 aliphatic rings. The van der Waals surface area contributed by atoms with Crippen molar-refractivity contribution in [2.75, 3.05) is 6.54 Å². The first-order valence-electron chi connectivity index (χ1n) is 5.47. The van der Waals surface area contributed by atoms with Crippen LogP contribution in [0.25, 0.3) is 0 Å². The number of imidazole rings is 1. The summed E-state index contributed by atoms with van der Waals surface area (Å²) in [5.41, 5.74) is 2.43. The van der Waals surface area contributed by atoms with Crippen LogP contribution in [0.15, 0.2) is 24.0 Å². The summed E-state index contributed by atoms with van der Waals surface area (Å²) in [5, 5.41) is 5.62. The summed E-state index contributed by atoms with van der Waals surface area (Å²) in [6.45, 7) is 5.22. The molecule has 2 aromatic heterocycles. The van der Waals surface area contributed by atoms with E-state index in [0.717, 1.165) is 12.2 Å². The Morgan fingerprint density at radius 3 is 2.88 bits per heavy atom. The average Bonchev–Trinajstić information content (AvgIpc) is 2.84. The molecule has 0 saturated carbocycles. The topological polar surface area (TPSA) is 29.9 Å². The van der Waals surface area contributed by atoms with Gasteiger partial charge in [-0.2, -0.15) is 0 Å². The van der Waals surface area contributed by atoms with E-state index in [1.807, 2.05) is 17.9 Å². The Morgan fingerprint density at radius 2 is 2.38 bits per heavy atom. The molecule has 0 bridgehead atoms. The molecule has 3 nitrogen and oxygen atoms in total. The summed E-state index contributed by atoms with van der Waals surface area (Å²) in [6.07, 6.45) is 3.92. The van der Waals surface area contributed by atoms with Crippen LogP contribution >= 0.6 is 11.3 Å². The second-order valence-corrected chi connectivity index (χ2v) is 5.01. The predicted octanol–water partition coefficient (Wildman–Crippen LogP) is 2.49. The van der Waals surface area contributed by atoms with Crippen LogP contribution in [0.4, 0.5) is 0 Å². The molecule has 1 atom stereocenters. The molecular formula is C12H17N3S. The van der Waals surface area contributed by atoms with Gasteiger partial charge in [-0.1, -0.05) is 6.92 Å². The van der Waals surface area contributed by atoms with Gasteiger partial charge in [0.15, 0.2) is 0 Å². The third kappa shape index (κ3) is 2.18. The van der Waals surface area contributed by atoms with Crippen molar-refractivity contribution in [1.82, 2.24) is 14.9 Å². The fourth-order valence-corrected chi connectivity index (χ4v) is 2.60. The van der Waals surface area contributed by atoms with Crippen LogP contribution in [0, 0.1) is 6.92 Å². The van der Waals surface area contributed by atoms with E-state index >= 15 is 0 Å². The van der Waals surface area contributed by atoms with Crippen molar-refractivity contribution in [3.63, 3.8) is 0 Å². The van der Waals surface area contributed by atoms with Gasteiger partial charge in [-0.15, -0.1) is 11.3 Å². The Bertz CT molecular complexity index is 458. The van der Waals surface area contributed by atoms with E-state index in [9.17, 15) is 0 Å². The van der Waals surface area contributed by atoms with Crippen molar-refractivity contribution in [2.45, 2.75) is 19.9 Å². The summed E-state index contributed by atoms with van der Waals surface area (Å²) in [6, 6.07) is 2.40. The van der Waals surface area contributed by atoms with Crippen LogP contribution in [0.1, 0.15) is 29.1 Å². The average molecular weight is 235 g/mol. The third-order valence-corrected chi connectivity index (χ3v) is 3.50. The molecule has 0 saturated heterocycles. The maximum atomic E-state index is 4.44. The predicted molar refractivity (Wildman–Crippen MR) is 67.8 cm³/mol. The lowest BCUT2D eigenvalue weighted by Crippen LogP contribution is -2.22. The molecule has 1 N–H and O–H groups in total. The Balaban J connectivity index is 2.34. The maximum absolute atomic E-state index is 4.44. The molecule has 0 aliphatic carbocycles. The highest BCUT2D eigenvalue weighted by Gasteiger charge is 2.17. The fourth-order valence-electron chi connectivity index (χ4n) is 1.85. The first-order valence-corrected chi connectivity index (χ1v) is 6.35. The van der Waals surface area contributed by atoms with Gasteiger partial charge in [-0.3, -0.25) is 0 Å². The van der Waals surface area contributed by atoms with E-state index < -0.39 is 0 Å². The van der Waals surface area contributed by atoms with Crippen LogP contribution in [-0.2, 0) is 7.05 Å². The summed E-state index contributed by atoms with van der Waals surface area (Å²) in [4.78, 5) is 5.79. The van der Waals surface area contributed by atoms with Gasteiger partial charge in [0, 0.05) is 18.1 Å². The van der Waals surface area contributed by atoms with E-state index in [2.05, 4.69) is 41.8 Å². The van der Waals surface area contributed by atoms with Crippen LogP contribution in [0.5, 0.6) is 0 Å². The van der Waals surface area contributed by atoms with E-state index in [-0.39, 0.29) is 6.04 Å². The molecule has 16 heavy (non-hydrogen) atoms. The number of nitrogens with one attached hydrogen (secondary N) is 1. The maximum Gasteiger partial charge on any atom is 0.0947 e. The number of hydrogen-bond acceptors (Lipinski definition) is 3. The van der Waals surface area contributed by atoms with E-state index in [0.29, 0.717) is 0 Å². The molecule has 0 amide bonds. The van der Waals surface area contributed by atoms with Crippen molar-refractivity contribution >= 4 is 11.3 Å². The molecule has 1 unspecified atom stereocenters. The Kier molecular flexibility index (Phi) is 3.41. The number of aryl methyl sites for hydroxylation is 2. The van der Waals surface area contributed by atoms with Gasteiger partial charge in [0.05, 0.1) is 18.1 Å². The number of thiophene rings is 1. The zero-order chi connectivity index (χ0) is 11.5. The van der Waals surface area contributed by atoms with Gasteiger partial charge in [0.2, 0.25) is 0 Å². The second-order valence-electron chi connectivity index (χ2n) is 3.89. The highest BCUT2D eigenvalue weighted by molar-refractivity contribution is 7.10. The van der Waals surface area contributed by atoms with Crippen LogP contribution in [0.3, 0.4) is 0 Å². The molecule has 2 heterocycles. The van der Waals surface area contributed by atoms with Crippen molar-refractivity contribution in [3.05, 3.63) is 40.1 Å². The third-order valence-electron chi connectivity index (χ3n) is 2.64. The van der Waals surface area contributed by atoms with Crippen LogP contribution in [0.2, 0.25) is 0 Å². The minimum Gasteiger partial charge on any atom is -0.340 e. The Morgan fingerprint density at radius 1 is 1.56 bits per heavy atom. The summed E-state index contributed by atoms with van der Waals surface area (Å²) < 4.78 is 1.99. The largest absolute Gasteiger partial charge is 0.340 e. The van der Waals surface area contributed by atoms with Gasteiger partial charge < -0.3 is 9.88 Å². The van der Waals surface area contributed by atoms with E-state index in [1.165, 1.54) is 10.4 Å². The first kappa shape index (κ1) is 11.4. The lowest BCUT2D eigenvalue weighted by molar-refractivity contribution is 0.617. The fraction of sp³-hybridized carbons (Fsp3) is 0.417. The van der Waals surface area contributed by atoms with Gasteiger partial charge >= 0.3 is 0 Å². The molecular weight excluding hydrogens is 218 g/mol. The van der Waals surface area contributed by atoms with Crippen LogP contribution < -0.4 is 5.32 Å². The number of nitrogens with zero attached hydrogens (tertiary/aromatic N) is 2. The van der Waals surface area contributed by atoms with E-state index in [1.54, 1.807) is 11.3 Å². The molecule has 0 spiro atoms. The molecule has 86 valence electrons. The lowest BCUT2D eigenvalue weighted by Gasteiger charge is -2.15. The van der Waals surface area contributed by atoms with Crippen molar-refractivity contribution in [2.24, 2.45) is 7.05 Å². The Hall–Kier alpha value is -1.13. The van der Waals surface area contributed by atoms with Crippen molar-refractivity contribution < 1.29 is 0 Å². The standard InChI is InChI=1S/C12H17N3S/c1-4-13-12(10-5-6-16-9(10)2)11-7-15(3)8-14-11/h5-8,12-13H,4H2,1-3H3. The van der Waals surface area contributed by atoms with Gasteiger partial charge in [0.1, 0.15) is 0 Å². The molecule has 4 heteroatoms. The zero-order valence-electron chi connectivity index (χ0n) is 9.90. The minimum atomic E-state index is 0.220.